The lowest BCUT2D eigenvalue weighted by Crippen LogP contribution is -2.42. The van der Waals surface area contributed by atoms with Crippen molar-refractivity contribution in [3.63, 3.8) is 0 Å². The van der Waals surface area contributed by atoms with Crippen LogP contribution in [0.2, 0.25) is 0 Å². The van der Waals surface area contributed by atoms with E-state index in [4.69, 9.17) is 4.74 Å². The lowest BCUT2D eigenvalue weighted by molar-refractivity contribution is 0.0288. The fourth-order valence-corrected chi connectivity index (χ4v) is 3.30. The minimum Gasteiger partial charge on any atom is -0.487 e. The smallest absolute Gasteiger partial charge is 0.124 e. The molecule has 1 N–H and O–H groups in total. The van der Waals surface area contributed by atoms with Gasteiger partial charge in [-0.3, -0.25) is 0 Å². The number of ether oxygens (including phenoxy) is 1. The Morgan fingerprint density at radius 3 is 2.79 bits per heavy atom. The average Bonchev–Trinajstić information content (AvgIpc) is 2.29. The van der Waals surface area contributed by atoms with Crippen LogP contribution in [0.1, 0.15) is 57.7 Å². The summed E-state index contributed by atoms with van der Waals surface area (Å²) < 4.78 is 6.32. The van der Waals surface area contributed by atoms with Crippen molar-refractivity contribution in [2.45, 2.75) is 59.1 Å². The zero-order valence-corrected chi connectivity index (χ0v) is 12.9. The van der Waals surface area contributed by atoms with E-state index in [0.717, 1.165) is 25.1 Å². The maximum atomic E-state index is 6.32. The van der Waals surface area contributed by atoms with E-state index in [-0.39, 0.29) is 5.60 Å². The van der Waals surface area contributed by atoms with Gasteiger partial charge < -0.3 is 10.1 Å². The van der Waals surface area contributed by atoms with Crippen LogP contribution in [0.5, 0.6) is 5.75 Å². The summed E-state index contributed by atoms with van der Waals surface area (Å²) in [6.45, 7) is 12.1. The third kappa shape index (κ3) is 3.30. The SMILES string of the molecule is CCNC1CC(C)(CC(C)C)Oc2ccc(C)cc21. The molecule has 0 aliphatic carbocycles. The summed E-state index contributed by atoms with van der Waals surface area (Å²) >= 11 is 0. The van der Waals surface area contributed by atoms with E-state index in [2.05, 4.69) is 58.1 Å². The van der Waals surface area contributed by atoms with Crippen molar-refractivity contribution in [3.05, 3.63) is 29.3 Å². The number of rotatable bonds is 4. The fraction of sp³-hybridized carbons (Fsp3) is 0.647. The molecule has 2 heteroatoms. The van der Waals surface area contributed by atoms with Crippen LogP contribution >= 0.6 is 0 Å². The number of hydrogen-bond acceptors (Lipinski definition) is 2. The Morgan fingerprint density at radius 1 is 1.42 bits per heavy atom. The highest BCUT2D eigenvalue weighted by Gasteiger charge is 2.37. The molecule has 0 bridgehead atoms. The van der Waals surface area contributed by atoms with E-state index in [0.29, 0.717) is 12.0 Å². The highest BCUT2D eigenvalue weighted by Crippen LogP contribution is 2.42. The van der Waals surface area contributed by atoms with E-state index in [1.807, 2.05) is 0 Å². The molecule has 0 saturated carbocycles. The van der Waals surface area contributed by atoms with Crippen molar-refractivity contribution >= 4 is 0 Å². The summed E-state index contributed by atoms with van der Waals surface area (Å²) in [5.41, 5.74) is 2.57. The number of hydrogen-bond donors (Lipinski definition) is 1. The van der Waals surface area contributed by atoms with Crippen LogP contribution < -0.4 is 10.1 Å². The van der Waals surface area contributed by atoms with Gasteiger partial charge in [-0.25, -0.2) is 0 Å². The van der Waals surface area contributed by atoms with Gasteiger partial charge in [-0.15, -0.1) is 0 Å². The summed E-state index contributed by atoms with van der Waals surface area (Å²) in [6.07, 6.45) is 2.15. The van der Waals surface area contributed by atoms with Crippen LogP contribution in [0, 0.1) is 12.8 Å². The lowest BCUT2D eigenvalue weighted by Gasteiger charge is -2.41. The van der Waals surface area contributed by atoms with Crippen molar-refractivity contribution in [2.75, 3.05) is 6.54 Å². The molecule has 0 fully saturated rings. The highest BCUT2D eigenvalue weighted by atomic mass is 16.5. The van der Waals surface area contributed by atoms with Gasteiger partial charge in [-0.05, 0) is 38.8 Å². The zero-order chi connectivity index (χ0) is 14.0. The van der Waals surface area contributed by atoms with Crippen molar-refractivity contribution in [1.82, 2.24) is 5.32 Å². The Bertz CT molecular complexity index is 441. The second kappa shape index (κ2) is 5.54. The molecule has 106 valence electrons. The first kappa shape index (κ1) is 14.4. The lowest BCUT2D eigenvalue weighted by atomic mass is 9.83. The molecule has 1 heterocycles. The van der Waals surface area contributed by atoms with Gasteiger partial charge in [0.2, 0.25) is 0 Å². The molecular formula is C17H27NO. The highest BCUT2D eigenvalue weighted by molar-refractivity contribution is 5.41. The first-order valence-electron chi connectivity index (χ1n) is 7.46. The van der Waals surface area contributed by atoms with E-state index >= 15 is 0 Å². The summed E-state index contributed by atoms with van der Waals surface area (Å²) in [5.74, 6) is 1.71. The number of aryl methyl sites for hydroxylation is 1. The number of benzene rings is 1. The van der Waals surface area contributed by atoms with E-state index in [1.165, 1.54) is 11.1 Å². The number of nitrogens with one attached hydrogen (secondary N) is 1. The van der Waals surface area contributed by atoms with E-state index in [1.54, 1.807) is 0 Å². The zero-order valence-electron chi connectivity index (χ0n) is 12.9. The maximum absolute atomic E-state index is 6.32. The van der Waals surface area contributed by atoms with E-state index in [9.17, 15) is 0 Å². The molecule has 2 rings (SSSR count). The first-order chi connectivity index (χ1) is 8.93. The summed E-state index contributed by atoms with van der Waals surface area (Å²) in [6, 6.07) is 6.95. The van der Waals surface area contributed by atoms with Gasteiger partial charge in [0, 0.05) is 18.0 Å². The minimum absolute atomic E-state index is 0.0523. The largest absolute Gasteiger partial charge is 0.487 e. The van der Waals surface area contributed by atoms with Crippen LogP contribution in [-0.4, -0.2) is 12.1 Å². The topological polar surface area (TPSA) is 21.3 Å². The molecular weight excluding hydrogens is 234 g/mol. The molecule has 1 aromatic carbocycles. The maximum Gasteiger partial charge on any atom is 0.124 e. The van der Waals surface area contributed by atoms with Crippen molar-refractivity contribution in [1.29, 1.82) is 0 Å². The minimum atomic E-state index is -0.0523. The molecule has 19 heavy (non-hydrogen) atoms. The van der Waals surface area contributed by atoms with Crippen molar-refractivity contribution in [3.8, 4) is 5.75 Å². The predicted octanol–water partition coefficient (Wildman–Crippen LogP) is 4.23. The Labute approximate surface area is 117 Å². The summed E-state index contributed by atoms with van der Waals surface area (Å²) in [7, 11) is 0. The summed E-state index contributed by atoms with van der Waals surface area (Å²) in [5, 5.41) is 3.62. The third-order valence-electron chi connectivity index (χ3n) is 3.82. The molecule has 1 aliphatic rings. The van der Waals surface area contributed by atoms with Gasteiger partial charge in [0.25, 0.3) is 0 Å². The van der Waals surface area contributed by atoms with Crippen LogP contribution in [0.25, 0.3) is 0 Å². The molecule has 1 aliphatic heterocycles. The summed E-state index contributed by atoms with van der Waals surface area (Å²) in [4.78, 5) is 0. The molecule has 2 nitrogen and oxygen atoms in total. The van der Waals surface area contributed by atoms with Gasteiger partial charge in [0.15, 0.2) is 0 Å². The molecule has 0 saturated heterocycles. The number of fused-ring (bicyclic) bond motifs is 1. The van der Waals surface area contributed by atoms with Gasteiger partial charge in [0.1, 0.15) is 11.4 Å². The van der Waals surface area contributed by atoms with Crippen molar-refractivity contribution in [2.24, 2.45) is 5.92 Å². The first-order valence-corrected chi connectivity index (χ1v) is 7.46. The van der Waals surface area contributed by atoms with Crippen molar-refractivity contribution < 1.29 is 4.74 Å². The molecule has 2 atom stereocenters. The Morgan fingerprint density at radius 2 is 2.16 bits per heavy atom. The van der Waals surface area contributed by atoms with Crippen LogP contribution in [0.4, 0.5) is 0 Å². The fourth-order valence-electron chi connectivity index (χ4n) is 3.30. The van der Waals surface area contributed by atoms with Crippen LogP contribution in [-0.2, 0) is 0 Å². The molecule has 0 amide bonds. The van der Waals surface area contributed by atoms with E-state index < -0.39 is 0 Å². The Hall–Kier alpha value is -1.02. The normalized spacial score (nSPS) is 26.1. The second-order valence-electron chi connectivity index (χ2n) is 6.51. The molecule has 1 aromatic rings. The quantitative estimate of drug-likeness (QED) is 0.875. The predicted molar refractivity (Wildman–Crippen MR) is 80.7 cm³/mol. The van der Waals surface area contributed by atoms with Gasteiger partial charge in [0.05, 0.1) is 0 Å². The Balaban J connectivity index is 2.32. The average molecular weight is 261 g/mol. The molecule has 0 aromatic heterocycles. The van der Waals surface area contributed by atoms with Gasteiger partial charge in [-0.1, -0.05) is 38.5 Å². The second-order valence-corrected chi connectivity index (χ2v) is 6.51. The molecule has 0 spiro atoms. The van der Waals surface area contributed by atoms with Gasteiger partial charge in [-0.2, -0.15) is 0 Å². The third-order valence-corrected chi connectivity index (χ3v) is 3.82. The van der Waals surface area contributed by atoms with Crippen LogP contribution in [0.15, 0.2) is 18.2 Å². The Kier molecular flexibility index (Phi) is 4.19. The monoisotopic (exact) mass is 261 g/mol. The molecule has 2 unspecified atom stereocenters. The van der Waals surface area contributed by atoms with Gasteiger partial charge >= 0.3 is 0 Å². The van der Waals surface area contributed by atoms with Crippen LogP contribution in [0.3, 0.4) is 0 Å². The molecule has 0 radical (unpaired) electrons. The standard InChI is InChI=1S/C17H27NO/c1-6-18-15-11-17(5,10-12(2)3)19-16-8-7-13(4)9-14(15)16/h7-9,12,15,18H,6,10-11H2,1-5H3.